The maximum atomic E-state index is 12.9. The van der Waals surface area contributed by atoms with Crippen molar-refractivity contribution in [2.45, 2.75) is 39.2 Å². The second-order valence-electron chi connectivity index (χ2n) is 8.77. The van der Waals surface area contributed by atoms with E-state index < -0.39 is 6.10 Å². The third kappa shape index (κ3) is 5.26. The van der Waals surface area contributed by atoms with Crippen LogP contribution in [0.2, 0.25) is 0 Å². The summed E-state index contributed by atoms with van der Waals surface area (Å²) in [6.07, 6.45) is 2.56. The second-order valence-corrected chi connectivity index (χ2v) is 8.77. The van der Waals surface area contributed by atoms with Crippen molar-refractivity contribution in [2.75, 3.05) is 5.32 Å². The first-order valence-electron chi connectivity index (χ1n) is 10.8. The Bertz CT molecular complexity index is 1210. The molecule has 168 valence electrons. The number of nitrogens with zero attached hydrogens (tertiary/aromatic N) is 4. The SMILES string of the molecule is CC(Oc1ccc(-c2ccccc2)cc1)C(=O)Nc1cc(C(C)(C)C)nn1-c1ncccn1. The van der Waals surface area contributed by atoms with Crippen molar-refractivity contribution in [1.82, 2.24) is 19.7 Å². The number of ether oxygens (including phenoxy) is 1. The molecular formula is C26H27N5O2. The fourth-order valence-corrected chi connectivity index (χ4v) is 3.23. The number of hydrogen-bond donors (Lipinski definition) is 1. The van der Waals surface area contributed by atoms with Gasteiger partial charge in [0.25, 0.3) is 11.9 Å². The molecule has 0 bridgehead atoms. The van der Waals surface area contributed by atoms with E-state index in [4.69, 9.17) is 4.74 Å². The Balaban J connectivity index is 1.49. The molecule has 1 N–H and O–H groups in total. The Morgan fingerprint density at radius 1 is 0.939 bits per heavy atom. The lowest BCUT2D eigenvalue weighted by molar-refractivity contribution is -0.122. The standard InChI is InChI=1S/C26H27N5O2/c1-18(33-21-13-11-20(12-14-21)19-9-6-5-7-10-19)24(32)29-23-17-22(26(2,3)4)30-31(23)25-27-15-8-16-28-25/h5-18H,1-4H3,(H,29,32). The van der Waals surface area contributed by atoms with Gasteiger partial charge in [-0.05, 0) is 36.2 Å². The number of benzene rings is 2. The van der Waals surface area contributed by atoms with Gasteiger partial charge in [-0.15, -0.1) is 0 Å². The van der Waals surface area contributed by atoms with E-state index in [1.165, 1.54) is 0 Å². The number of hydrogen-bond acceptors (Lipinski definition) is 5. The van der Waals surface area contributed by atoms with Crippen LogP contribution in [-0.4, -0.2) is 31.8 Å². The predicted octanol–water partition coefficient (Wildman–Crippen LogP) is 5.03. The first-order chi connectivity index (χ1) is 15.8. The summed E-state index contributed by atoms with van der Waals surface area (Å²) in [7, 11) is 0. The van der Waals surface area contributed by atoms with Crippen LogP contribution in [-0.2, 0) is 10.2 Å². The highest BCUT2D eigenvalue weighted by molar-refractivity contribution is 5.93. The van der Waals surface area contributed by atoms with Gasteiger partial charge < -0.3 is 10.1 Å². The minimum atomic E-state index is -0.717. The van der Waals surface area contributed by atoms with Crippen molar-refractivity contribution in [1.29, 1.82) is 0 Å². The largest absolute Gasteiger partial charge is 0.481 e. The molecule has 4 aromatic rings. The topological polar surface area (TPSA) is 81.9 Å². The van der Waals surface area contributed by atoms with Gasteiger partial charge in [0.1, 0.15) is 11.6 Å². The third-order valence-corrected chi connectivity index (χ3v) is 5.11. The molecule has 0 aliphatic rings. The summed E-state index contributed by atoms with van der Waals surface area (Å²) in [4.78, 5) is 21.5. The van der Waals surface area contributed by atoms with Gasteiger partial charge in [-0.2, -0.15) is 9.78 Å². The van der Waals surface area contributed by atoms with Crippen molar-refractivity contribution < 1.29 is 9.53 Å². The third-order valence-electron chi connectivity index (χ3n) is 5.11. The van der Waals surface area contributed by atoms with Crippen LogP contribution in [0.15, 0.2) is 79.1 Å². The van der Waals surface area contributed by atoms with Gasteiger partial charge in [0, 0.05) is 23.9 Å². The minimum absolute atomic E-state index is 0.206. The van der Waals surface area contributed by atoms with Gasteiger partial charge in [-0.1, -0.05) is 63.2 Å². The highest BCUT2D eigenvalue weighted by atomic mass is 16.5. The normalized spacial score (nSPS) is 12.2. The lowest BCUT2D eigenvalue weighted by Gasteiger charge is -2.15. The number of rotatable bonds is 6. The molecule has 0 radical (unpaired) electrons. The van der Waals surface area contributed by atoms with Gasteiger partial charge in [0.05, 0.1) is 5.69 Å². The van der Waals surface area contributed by atoms with E-state index in [9.17, 15) is 4.79 Å². The number of amides is 1. The van der Waals surface area contributed by atoms with Crippen molar-refractivity contribution in [3.63, 3.8) is 0 Å². The fraction of sp³-hybridized carbons (Fsp3) is 0.231. The molecule has 1 amide bonds. The van der Waals surface area contributed by atoms with Gasteiger partial charge in [0.15, 0.2) is 6.10 Å². The molecule has 2 heterocycles. The highest BCUT2D eigenvalue weighted by Crippen LogP contribution is 2.26. The van der Waals surface area contributed by atoms with Gasteiger partial charge in [-0.25, -0.2) is 9.97 Å². The van der Waals surface area contributed by atoms with Crippen LogP contribution < -0.4 is 10.1 Å². The summed E-state index contributed by atoms with van der Waals surface area (Å²) >= 11 is 0. The van der Waals surface area contributed by atoms with Crippen LogP contribution in [0.25, 0.3) is 17.1 Å². The molecule has 4 rings (SSSR count). The molecule has 33 heavy (non-hydrogen) atoms. The summed E-state index contributed by atoms with van der Waals surface area (Å²) in [6, 6.07) is 21.4. The molecule has 2 aromatic carbocycles. The van der Waals surface area contributed by atoms with Crippen LogP contribution in [0.4, 0.5) is 5.82 Å². The van der Waals surface area contributed by atoms with E-state index in [2.05, 4.69) is 53.3 Å². The van der Waals surface area contributed by atoms with E-state index >= 15 is 0 Å². The molecule has 1 atom stereocenters. The quantitative estimate of drug-likeness (QED) is 0.454. The predicted molar refractivity (Wildman–Crippen MR) is 128 cm³/mol. The highest BCUT2D eigenvalue weighted by Gasteiger charge is 2.24. The van der Waals surface area contributed by atoms with Crippen molar-refractivity contribution in [3.05, 3.63) is 84.8 Å². The van der Waals surface area contributed by atoms with E-state index in [1.54, 1.807) is 30.1 Å². The average molecular weight is 442 g/mol. The average Bonchev–Trinajstić information content (AvgIpc) is 3.25. The number of carbonyl (C=O) groups is 1. The summed E-state index contributed by atoms with van der Waals surface area (Å²) in [5.74, 6) is 1.20. The summed E-state index contributed by atoms with van der Waals surface area (Å²) in [5, 5.41) is 7.54. The first kappa shape index (κ1) is 22.2. The Morgan fingerprint density at radius 3 is 2.21 bits per heavy atom. The maximum Gasteiger partial charge on any atom is 0.266 e. The van der Waals surface area contributed by atoms with E-state index in [-0.39, 0.29) is 11.3 Å². The smallest absolute Gasteiger partial charge is 0.266 e. The Labute approximate surface area is 193 Å². The molecule has 7 heteroatoms. The number of anilines is 1. The van der Waals surface area contributed by atoms with Crippen molar-refractivity contribution in [3.8, 4) is 22.8 Å². The monoisotopic (exact) mass is 441 g/mol. The lowest BCUT2D eigenvalue weighted by atomic mass is 9.92. The van der Waals surface area contributed by atoms with Gasteiger partial charge in [0.2, 0.25) is 0 Å². The molecule has 0 aliphatic heterocycles. The summed E-state index contributed by atoms with van der Waals surface area (Å²) in [5.41, 5.74) is 2.82. The molecular weight excluding hydrogens is 414 g/mol. The zero-order valence-corrected chi connectivity index (χ0v) is 19.2. The Kier molecular flexibility index (Phi) is 6.22. The minimum Gasteiger partial charge on any atom is -0.481 e. The second kappa shape index (κ2) is 9.24. The van der Waals surface area contributed by atoms with E-state index in [0.29, 0.717) is 17.5 Å². The van der Waals surface area contributed by atoms with Crippen LogP contribution in [0.3, 0.4) is 0 Å². The first-order valence-corrected chi connectivity index (χ1v) is 10.8. The molecule has 0 saturated heterocycles. The van der Waals surface area contributed by atoms with Crippen LogP contribution in [0.1, 0.15) is 33.4 Å². The number of nitrogens with one attached hydrogen (secondary N) is 1. The maximum absolute atomic E-state index is 12.9. The number of aromatic nitrogens is 4. The fourth-order valence-electron chi connectivity index (χ4n) is 3.23. The zero-order chi connectivity index (χ0) is 23.4. The van der Waals surface area contributed by atoms with E-state index in [0.717, 1.165) is 16.8 Å². The molecule has 0 saturated carbocycles. The van der Waals surface area contributed by atoms with Gasteiger partial charge >= 0.3 is 0 Å². The van der Waals surface area contributed by atoms with Crippen LogP contribution in [0.5, 0.6) is 5.75 Å². The van der Waals surface area contributed by atoms with Crippen LogP contribution in [0, 0.1) is 0 Å². The van der Waals surface area contributed by atoms with Crippen molar-refractivity contribution in [2.24, 2.45) is 0 Å². The van der Waals surface area contributed by atoms with Crippen molar-refractivity contribution >= 4 is 11.7 Å². The molecule has 0 spiro atoms. The zero-order valence-electron chi connectivity index (χ0n) is 19.2. The molecule has 0 aliphatic carbocycles. The molecule has 1 unspecified atom stereocenters. The number of carbonyl (C=O) groups excluding carboxylic acids is 1. The molecule has 0 fully saturated rings. The Hall–Kier alpha value is -4.00. The van der Waals surface area contributed by atoms with Gasteiger partial charge in [-0.3, -0.25) is 4.79 Å². The molecule has 7 nitrogen and oxygen atoms in total. The summed E-state index contributed by atoms with van der Waals surface area (Å²) < 4.78 is 7.43. The van der Waals surface area contributed by atoms with E-state index in [1.807, 2.05) is 48.5 Å². The molecule has 2 aromatic heterocycles. The lowest BCUT2D eigenvalue weighted by Crippen LogP contribution is -2.31. The van der Waals surface area contributed by atoms with Crippen LogP contribution >= 0.6 is 0 Å². The Morgan fingerprint density at radius 2 is 1.58 bits per heavy atom. The summed E-state index contributed by atoms with van der Waals surface area (Å²) in [6.45, 7) is 7.89.